The number of amides is 2. The fourth-order valence-electron chi connectivity index (χ4n) is 6.58. The van der Waals surface area contributed by atoms with Crippen molar-refractivity contribution in [2.24, 2.45) is 12.8 Å². The van der Waals surface area contributed by atoms with Crippen molar-refractivity contribution in [2.75, 3.05) is 45.6 Å². The number of sulfonamides is 1. The highest BCUT2D eigenvalue weighted by atomic mass is 35.5. The number of benzene rings is 2. The zero-order chi connectivity index (χ0) is 33.1. The molecule has 13 heteroatoms. The van der Waals surface area contributed by atoms with E-state index in [2.05, 4.69) is 9.62 Å². The number of halogens is 2. The number of nitrogens with one attached hydrogen (secondary N) is 1. The number of carbonyl (C=O) groups excluding carboxylic acids is 2. The van der Waals surface area contributed by atoms with Crippen LogP contribution in [0.4, 0.5) is 0 Å². The van der Waals surface area contributed by atoms with Crippen LogP contribution < -0.4 is 15.2 Å². The van der Waals surface area contributed by atoms with Gasteiger partial charge in [-0.05, 0) is 93.2 Å². The Labute approximate surface area is 280 Å². The number of likely N-dealkylation sites (tertiary alicyclic amines) is 2. The molecule has 0 saturated carbocycles. The van der Waals surface area contributed by atoms with Crippen molar-refractivity contribution < 1.29 is 22.7 Å². The Morgan fingerprint density at radius 2 is 1.63 bits per heavy atom. The lowest BCUT2D eigenvalue weighted by atomic mass is 9.83. The summed E-state index contributed by atoms with van der Waals surface area (Å²) >= 11 is 12.9. The third-order valence-electron chi connectivity index (χ3n) is 9.05. The average Bonchev–Trinajstić information content (AvgIpc) is 3.37. The van der Waals surface area contributed by atoms with E-state index in [4.69, 9.17) is 33.7 Å². The number of primary amides is 1. The number of rotatable bonds is 11. The van der Waals surface area contributed by atoms with E-state index in [0.29, 0.717) is 67.0 Å². The van der Waals surface area contributed by atoms with E-state index < -0.39 is 15.6 Å². The summed E-state index contributed by atoms with van der Waals surface area (Å²) in [7, 11) is -1.38. The largest absolute Gasteiger partial charge is 0.494 e. The summed E-state index contributed by atoms with van der Waals surface area (Å²) in [5.74, 6) is 0.208. The molecule has 248 valence electrons. The molecule has 5 rings (SSSR count). The molecule has 2 aliphatic rings. The van der Waals surface area contributed by atoms with Gasteiger partial charge in [-0.1, -0.05) is 35.7 Å². The second kappa shape index (κ2) is 14.4. The number of ether oxygens (including phenoxy) is 1. The van der Waals surface area contributed by atoms with Gasteiger partial charge in [-0.25, -0.2) is 13.1 Å². The van der Waals surface area contributed by atoms with E-state index >= 15 is 0 Å². The molecule has 2 aromatic carbocycles. The topological polar surface area (TPSA) is 127 Å². The van der Waals surface area contributed by atoms with Gasteiger partial charge >= 0.3 is 0 Å². The minimum absolute atomic E-state index is 0.126. The molecule has 0 bridgehead atoms. The average molecular weight is 691 g/mol. The minimum Gasteiger partial charge on any atom is -0.494 e. The number of nitrogens with two attached hydrogens (primary N) is 1. The number of hydrogen-bond donors (Lipinski definition) is 2. The highest BCUT2D eigenvalue weighted by Crippen LogP contribution is 2.40. The van der Waals surface area contributed by atoms with Crippen LogP contribution in [-0.4, -0.2) is 85.7 Å². The number of aromatic nitrogens is 1. The molecule has 2 amide bonds. The van der Waals surface area contributed by atoms with Crippen LogP contribution in [0.1, 0.15) is 49.0 Å². The summed E-state index contributed by atoms with van der Waals surface area (Å²) in [5, 5.41) is 0.975. The maximum atomic E-state index is 14.1. The van der Waals surface area contributed by atoms with Crippen LogP contribution in [0.25, 0.3) is 22.4 Å². The van der Waals surface area contributed by atoms with Crippen LogP contribution >= 0.6 is 23.2 Å². The molecule has 2 aliphatic heterocycles. The van der Waals surface area contributed by atoms with Crippen molar-refractivity contribution >= 4 is 45.0 Å². The van der Waals surface area contributed by atoms with E-state index in [9.17, 15) is 18.0 Å². The van der Waals surface area contributed by atoms with Crippen molar-refractivity contribution in [3.8, 4) is 28.1 Å². The molecule has 3 N–H and O–H groups in total. The van der Waals surface area contributed by atoms with Gasteiger partial charge in [-0.2, -0.15) is 0 Å². The maximum absolute atomic E-state index is 14.1. The molecule has 0 unspecified atom stereocenters. The first-order valence-electron chi connectivity index (χ1n) is 15.6. The van der Waals surface area contributed by atoms with Crippen LogP contribution in [-0.2, 0) is 21.9 Å². The number of carbonyl (C=O) groups is 2. The van der Waals surface area contributed by atoms with Crippen LogP contribution in [0, 0.1) is 0 Å². The standard InChI is InChI=1S/C33H41Cl2N5O5S/c1-38-29(31(41)39-18-13-33(14-19-39,32(36)42)40-16-4-3-5-17-40)22-27(26-12-9-24(34)21-28(26)35)30(38)23-7-10-25(11-8-23)45-20-6-15-37-46(2,43)44/h7-12,21-22,37H,3-6,13-20H2,1-2H3,(H2,36,42). The Hall–Kier alpha value is -3.09. The van der Waals surface area contributed by atoms with Gasteiger partial charge in [-0.3, -0.25) is 14.5 Å². The highest BCUT2D eigenvalue weighted by molar-refractivity contribution is 7.88. The lowest BCUT2D eigenvalue weighted by molar-refractivity contribution is -0.134. The predicted molar refractivity (Wildman–Crippen MR) is 182 cm³/mol. The quantitative estimate of drug-likeness (QED) is 0.275. The molecule has 2 fully saturated rings. The fourth-order valence-corrected chi connectivity index (χ4v) is 7.61. The third kappa shape index (κ3) is 7.55. The molecule has 10 nitrogen and oxygen atoms in total. The van der Waals surface area contributed by atoms with Gasteiger partial charge in [0.2, 0.25) is 15.9 Å². The van der Waals surface area contributed by atoms with E-state index in [1.807, 2.05) is 52.9 Å². The Bertz CT molecular complexity index is 1680. The molecule has 0 atom stereocenters. The Morgan fingerprint density at radius 1 is 0.957 bits per heavy atom. The minimum atomic E-state index is -3.24. The molecular formula is C33H41Cl2N5O5S. The van der Waals surface area contributed by atoms with Crippen LogP contribution in [0.3, 0.4) is 0 Å². The highest BCUT2D eigenvalue weighted by Gasteiger charge is 2.46. The van der Waals surface area contributed by atoms with Crippen LogP contribution in [0.2, 0.25) is 10.0 Å². The first kappa shape index (κ1) is 34.3. The molecule has 3 aromatic rings. The van der Waals surface area contributed by atoms with Crippen molar-refractivity contribution in [1.82, 2.24) is 19.1 Å². The molecule has 3 heterocycles. The summed E-state index contributed by atoms with van der Waals surface area (Å²) in [6, 6.07) is 14.7. The maximum Gasteiger partial charge on any atom is 0.270 e. The van der Waals surface area contributed by atoms with Gasteiger partial charge in [0.25, 0.3) is 5.91 Å². The van der Waals surface area contributed by atoms with Gasteiger partial charge in [0, 0.05) is 47.9 Å². The fraction of sp³-hybridized carbons (Fsp3) is 0.455. The molecule has 1 aromatic heterocycles. The Morgan fingerprint density at radius 3 is 2.24 bits per heavy atom. The zero-order valence-electron chi connectivity index (χ0n) is 26.2. The molecule has 0 spiro atoms. The first-order valence-corrected chi connectivity index (χ1v) is 18.2. The van der Waals surface area contributed by atoms with E-state index in [1.165, 1.54) is 0 Å². The van der Waals surface area contributed by atoms with Gasteiger partial charge < -0.3 is 19.9 Å². The summed E-state index contributed by atoms with van der Waals surface area (Å²) in [6.45, 7) is 3.21. The summed E-state index contributed by atoms with van der Waals surface area (Å²) < 4.78 is 32.7. The van der Waals surface area contributed by atoms with Crippen molar-refractivity contribution in [3.63, 3.8) is 0 Å². The number of nitrogens with zero attached hydrogens (tertiary/aromatic N) is 3. The lowest BCUT2D eigenvalue weighted by Gasteiger charge is -2.48. The normalized spacial score (nSPS) is 17.2. The summed E-state index contributed by atoms with van der Waals surface area (Å²) in [4.78, 5) is 30.9. The van der Waals surface area contributed by atoms with Crippen LogP contribution in [0.15, 0.2) is 48.5 Å². The molecule has 2 saturated heterocycles. The third-order valence-corrected chi connectivity index (χ3v) is 10.3. The Kier molecular flexibility index (Phi) is 10.7. The molecular weight excluding hydrogens is 649 g/mol. The van der Waals surface area contributed by atoms with E-state index in [1.54, 1.807) is 12.1 Å². The molecule has 46 heavy (non-hydrogen) atoms. The van der Waals surface area contributed by atoms with Crippen molar-refractivity contribution in [3.05, 3.63) is 64.3 Å². The summed E-state index contributed by atoms with van der Waals surface area (Å²) in [5.41, 5.74) is 8.95. The van der Waals surface area contributed by atoms with Gasteiger partial charge in [-0.15, -0.1) is 0 Å². The second-order valence-electron chi connectivity index (χ2n) is 12.1. The summed E-state index contributed by atoms with van der Waals surface area (Å²) in [6.07, 6.45) is 5.92. The zero-order valence-corrected chi connectivity index (χ0v) is 28.6. The lowest BCUT2D eigenvalue weighted by Crippen LogP contribution is -2.63. The number of piperidine rings is 2. The number of hydrogen-bond acceptors (Lipinski definition) is 6. The van der Waals surface area contributed by atoms with Crippen molar-refractivity contribution in [1.29, 1.82) is 0 Å². The van der Waals surface area contributed by atoms with Gasteiger partial charge in [0.05, 0.1) is 18.6 Å². The van der Waals surface area contributed by atoms with Crippen LogP contribution in [0.5, 0.6) is 5.75 Å². The predicted octanol–water partition coefficient (Wildman–Crippen LogP) is 4.93. The SMILES string of the molecule is Cn1c(C(=O)N2CCC(C(N)=O)(N3CCCCC3)CC2)cc(-c2ccc(Cl)cc2Cl)c1-c1ccc(OCCCNS(C)(=O)=O)cc1. The van der Waals surface area contributed by atoms with Gasteiger partial charge in [0.1, 0.15) is 17.0 Å². The monoisotopic (exact) mass is 689 g/mol. The Balaban J connectivity index is 1.39. The molecule has 0 aliphatic carbocycles. The van der Waals surface area contributed by atoms with Gasteiger partial charge in [0.15, 0.2) is 0 Å². The van der Waals surface area contributed by atoms with E-state index in [0.717, 1.165) is 61.0 Å². The second-order valence-corrected chi connectivity index (χ2v) is 14.8. The van der Waals surface area contributed by atoms with Crippen molar-refractivity contribution in [2.45, 2.75) is 44.1 Å². The first-order chi connectivity index (χ1) is 21.9. The molecule has 0 radical (unpaired) electrons. The van der Waals surface area contributed by atoms with E-state index in [-0.39, 0.29) is 11.8 Å². The smallest absolute Gasteiger partial charge is 0.270 e.